The third-order valence-electron chi connectivity index (χ3n) is 6.13. The van der Waals surface area contributed by atoms with E-state index in [-0.39, 0.29) is 24.3 Å². The highest BCUT2D eigenvalue weighted by molar-refractivity contribution is 5.78. The lowest BCUT2D eigenvalue weighted by atomic mass is 9.70. The van der Waals surface area contributed by atoms with Crippen molar-refractivity contribution in [3.05, 3.63) is 35.9 Å². The Morgan fingerprint density at radius 1 is 1.08 bits per heavy atom. The molecule has 1 aromatic rings. The van der Waals surface area contributed by atoms with Crippen LogP contribution in [-0.4, -0.2) is 56.9 Å². The van der Waals surface area contributed by atoms with Gasteiger partial charge in [-0.05, 0) is 44.3 Å². The van der Waals surface area contributed by atoms with E-state index in [2.05, 4.69) is 4.90 Å². The second-order valence-corrected chi connectivity index (χ2v) is 7.50. The zero-order valence-corrected chi connectivity index (χ0v) is 14.0. The Morgan fingerprint density at radius 2 is 1.79 bits per heavy atom. The Balaban J connectivity index is 1.57. The molecule has 3 aliphatic rings. The van der Waals surface area contributed by atoms with Crippen molar-refractivity contribution in [3.63, 3.8) is 0 Å². The molecule has 24 heavy (non-hydrogen) atoms. The molecule has 2 bridgehead atoms. The van der Waals surface area contributed by atoms with Crippen LogP contribution in [0, 0.1) is 5.92 Å². The molecule has 5 nitrogen and oxygen atoms in total. The van der Waals surface area contributed by atoms with Gasteiger partial charge in [-0.15, -0.1) is 0 Å². The third kappa shape index (κ3) is 2.65. The van der Waals surface area contributed by atoms with Gasteiger partial charge in [0.2, 0.25) is 5.91 Å². The molecule has 1 saturated carbocycles. The van der Waals surface area contributed by atoms with Crippen LogP contribution in [0.15, 0.2) is 30.3 Å². The smallest absolute Gasteiger partial charge is 0.223 e. The summed E-state index contributed by atoms with van der Waals surface area (Å²) in [6.45, 7) is 2.49. The Hall–Kier alpha value is -1.43. The van der Waals surface area contributed by atoms with Crippen LogP contribution in [0.2, 0.25) is 0 Å². The van der Waals surface area contributed by atoms with E-state index in [1.165, 1.54) is 12.8 Å². The lowest BCUT2D eigenvalue weighted by Gasteiger charge is -2.55. The molecule has 0 unspecified atom stereocenters. The number of piperidine rings is 1. The number of rotatable bonds is 3. The highest BCUT2D eigenvalue weighted by Crippen LogP contribution is 2.44. The molecular weight excluding hydrogens is 304 g/mol. The fraction of sp³-hybridized carbons (Fsp3) is 0.632. The van der Waals surface area contributed by atoms with Crippen LogP contribution < -0.4 is 0 Å². The summed E-state index contributed by atoms with van der Waals surface area (Å²) in [7, 11) is 0. The number of amides is 1. The first-order chi connectivity index (χ1) is 11.6. The van der Waals surface area contributed by atoms with E-state index in [1.54, 1.807) is 4.90 Å². The van der Waals surface area contributed by atoms with Crippen LogP contribution in [0.1, 0.15) is 37.7 Å². The van der Waals surface area contributed by atoms with Crippen molar-refractivity contribution >= 4 is 5.91 Å². The molecule has 0 radical (unpaired) electrons. The van der Waals surface area contributed by atoms with Crippen molar-refractivity contribution in [2.24, 2.45) is 5.92 Å². The quantitative estimate of drug-likeness (QED) is 0.821. The van der Waals surface area contributed by atoms with Crippen molar-refractivity contribution in [2.45, 2.75) is 56.5 Å². The van der Waals surface area contributed by atoms with Gasteiger partial charge in [0.15, 0.2) is 5.79 Å². The van der Waals surface area contributed by atoms with Crippen molar-refractivity contribution < 1.29 is 15.0 Å². The number of hydrogen-bond acceptors (Lipinski definition) is 4. The summed E-state index contributed by atoms with van der Waals surface area (Å²) in [6.07, 6.45) is 4.17. The summed E-state index contributed by atoms with van der Waals surface area (Å²) in [5.74, 6) is -2.10. The average molecular weight is 330 g/mol. The van der Waals surface area contributed by atoms with Crippen LogP contribution >= 0.6 is 0 Å². The molecule has 4 rings (SSSR count). The topological polar surface area (TPSA) is 64.0 Å². The monoisotopic (exact) mass is 330 g/mol. The second kappa shape index (κ2) is 6.14. The number of aliphatic hydroxyl groups is 2. The predicted molar refractivity (Wildman–Crippen MR) is 89.9 cm³/mol. The number of likely N-dealkylation sites (tertiary alicyclic amines) is 2. The Labute approximate surface area is 142 Å². The van der Waals surface area contributed by atoms with Gasteiger partial charge in [0.05, 0.1) is 6.04 Å². The average Bonchev–Trinajstić information content (AvgIpc) is 3.08. The van der Waals surface area contributed by atoms with Gasteiger partial charge in [0.25, 0.3) is 0 Å². The van der Waals surface area contributed by atoms with Crippen molar-refractivity contribution in [2.75, 3.05) is 13.1 Å². The molecule has 3 fully saturated rings. The summed E-state index contributed by atoms with van der Waals surface area (Å²) in [5, 5.41) is 21.8. The molecule has 1 aromatic carbocycles. The first-order valence-electron chi connectivity index (χ1n) is 9.09. The van der Waals surface area contributed by atoms with Gasteiger partial charge < -0.3 is 15.1 Å². The van der Waals surface area contributed by atoms with Crippen molar-refractivity contribution in [1.29, 1.82) is 0 Å². The van der Waals surface area contributed by atoms with Crippen LogP contribution in [0.3, 0.4) is 0 Å². The predicted octanol–water partition coefficient (Wildman–Crippen LogP) is 1.34. The molecule has 5 heteroatoms. The largest absolute Gasteiger partial charge is 0.364 e. The van der Waals surface area contributed by atoms with Gasteiger partial charge in [0, 0.05) is 24.9 Å². The molecule has 2 saturated heterocycles. The summed E-state index contributed by atoms with van der Waals surface area (Å²) < 4.78 is 0. The van der Waals surface area contributed by atoms with E-state index in [4.69, 9.17) is 0 Å². The zero-order valence-electron chi connectivity index (χ0n) is 14.0. The SMILES string of the molecule is O=C1C[C@H]2[C@H](N3CCCC3)CC[C@H](N1Cc1ccccc1)C2(O)O. The van der Waals surface area contributed by atoms with Crippen LogP contribution in [-0.2, 0) is 11.3 Å². The summed E-state index contributed by atoms with van der Waals surface area (Å²) in [6, 6.07) is 9.42. The minimum atomic E-state index is -1.78. The number of nitrogens with zero attached hydrogens (tertiary/aromatic N) is 2. The van der Waals surface area contributed by atoms with E-state index in [0.717, 1.165) is 25.1 Å². The van der Waals surface area contributed by atoms with Gasteiger partial charge in [-0.25, -0.2) is 0 Å². The van der Waals surface area contributed by atoms with Crippen molar-refractivity contribution in [3.8, 4) is 0 Å². The van der Waals surface area contributed by atoms with E-state index >= 15 is 0 Å². The number of carbonyl (C=O) groups is 1. The maximum atomic E-state index is 12.7. The van der Waals surface area contributed by atoms with Crippen LogP contribution in [0.25, 0.3) is 0 Å². The fourth-order valence-electron chi connectivity index (χ4n) is 4.91. The molecule has 0 spiro atoms. The van der Waals surface area contributed by atoms with Crippen LogP contribution in [0.5, 0.6) is 0 Å². The molecule has 2 N–H and O–H groups in total. The van der Waals surface area contributed by atoms with E-state index < -0.39 is 11.8 Å². The van der Waals surface area contributed by atoms with Gasteiger partial charge >= 0.3 is 0 Å². The van der Waals surface area contributed by atoms with Gasteiger partial charge in [0.1, 0.15) is 0 Å². The minimum absolute atomic E-state index is 0.0523. The van der Waals surface area contributed by atoms with Gasteiger partial charge in [-0.1, -0.05) is 30.3 Å². The maximum absolute atomic E-state index is 12.7. The summed E-state index contributed by atoms with van der Waals surface area (Å²) in [5.41, 5.74) is 1.03. The molecule has 130 valence electrons. The zero-order chi connectivity index (χ0) is 16.7. The highest BCUT2D eigenvalue weighted by atomic mass is 16.5. The number of benzene rings is 1. The molecule has 1 aliphatic carbocycles. The molecule has 0 aromatic heterocycles. The number of fused-ring (bicyclic) bond motifs is 2. The maximum Gasteiger partial charge on any atom is 0.223 e. The van der Waals surface area contributed by atoms with Crippen LogP contribution in [0.4, 0.5) is 0 Å². The fourth-order valence-corrected chi connectivity index (χ4v) is 4.91. The lowest BCUT2D eigenvalue weighted by molar-refractivity contribution is -0.280. The minimum Gasteiger partial charge on any atom is -0.364 e. The number of hydrogen-bond donors (Lipinski definition) is 2. The first-order valence-corrected chi connectivity index (χ1v) is 9.09. The molecular formula is C19H26N2O3. The van der Waals surface area contributed by atoms with Gasteiger partial charge in [-0.2, -0.15) is 0 Å². The first kappa shape index (κ1) is 16.1. The highest BCUT2D eigenvalue weighted by Gasteiger charge is 2.58. The summed E-state index contributed by atoms with van der Waals surface area (Å²) >= 11 is 0. The normalized spacial score (nSPS) is 33.0. The van der Waals surface area contributed by atoms with E-state index in [9.17, 15) is 15.0 Å². The molecule has 2 aliphatic heterocycles. The molecule has 2 heterocycles. The van der Waals surface area contributed by atoms with E-state index in [0.29, 0.717) is 13.0 Å². The van der Waals surface area contributed by atoms with Crippen molar-refractivity contribution in [1.82, 2.24) is 9.80 Å². The molecule has 3 atom stereocenters. The lowest BCUT2D eigenvalue weighted by Crippen LogP contribution is -2.69. The van der Waals surface area contributed by atoms with E-state index in [1.807, 2.05) is 30.3 Å². The summed E-state index contributed by atoms with van der Waals surface area (Å²) in [4.78, 5) is 16.8. The standard InChI is InChI=1S/C19H26N2O3/c22-18-12-15-16(20-10-4-5-11-20)8-9-17(19(15,23)24)21(18)13-14-6-2-1-3-7-14/h1-3,6-7,15-17,23-24H,4-5,8-13H2/t15-,16+,17-/m0/s1. The Bertz CT molecular complexity index is 598. The number of carbonyl (C=O) groups excluding carboxylic acids is 1. The van der Waals surface area contributed by atoms with Gasteiger partial charge in [-0.3, -0.25) is 9.69 Å². The second-order valence-electron chi connectivity index (χ2n) is 7.50. The molecule has 1 amide bonds. The Kier molecular flexibility index (Phi) is 4.11. The third-order valence-corrected chi connectivity index (χ3v) is 6.13. The Morgan fingerprint density at radius 3 is 2.50 bits per heavy atom.